The Kier molecular flexibility index (Phi) is 4.66. The van der Waals surface area contributed by atoms with Crippen molar-refractivity contribution in [1.29, 1.82) is 0 Å². The molecule has 2 amide bonds. The van der Waals surface area contributed by atoms with Gasteiger partial charge < -0.3 is 5.32 Å². The van der Waals surface area contributed by atoms with Gasteiger partial charge in [-0.2, -0.15) is 0 Å². The quantitative estimate of drug-likeness (QED) is 0.575. The molecule has 0 heterocycles. The first kappa shape index (κ1) is 9.23. The fourth-order valence-electron chi connectivity index (χ4n) is 0.449. The highest BCUT2D eigenvalue weighted by molar-refractivity contribution is 5.72. The van der Waals surface area contributed by atoms with Crippen LogP contribution in [0, 0.1) is 0 Å². The van der Waals surface area contributed by atoms with Crippen LogP contribution in [-0.4, -0.2) is 31.7 Å². The van der Waals surface area contributed by atoms with Gasteiger partial charge in [-0.25, -0.2) is 9.80 Å². The van der Waals surface area contributed by atoms with Crippen LogP contribution in [0.25, 0.3) is 0 Å². The third-order valence-electron chi connectivity index (χ3n) is 0.817. The van der Waals surface area contributed by atoms with Gasteiger partial charge in [-0.05, 0) is 6.42 Å². The van der Waals surface area contributed by atoms with E-state index in [1.807, 2.05) is 6.92 Å². The molecule has 0 aliphatic carbocycles. The zero-order chi connectivity index (χ0) is 7.98. The molecule has 1 N–H and O–H groups in total. The van der Waals surface area contributed by atoms with Crippen LogP contribution in [0.1, 0.15) is 13.3 Å². The fraction of sp³-hybridized carbons (Fsp3) is 0.833. The molecule has 0 bridgehead atoms. The predicted octanol–water partition coefficient (Wildman–Crippen LogP) is 0.187. The molecule has 0 aromatic heterocycles. The molecule has 0 aromatic rings. The number of carbonyl (C=O) groups is 1. The lowest BCUT2D eigenvalue weighted by Crippen LogP contribution is -2.37. The van der Waals surface area contributed by atoms with E-state index in [4.69, 9.17) is 0 Å². The molecule has 4 heteroatoms. The first-order valence-electron chi connectivity index (χ1n) is 3.33. The lowest BCUT2D eigenvalue weighted by Gasteiger charge is -2.07. The van der Waals surface area contributed by atoms with Crippen LogP contribution >= 0.6 is 0 Å². The minimum absolute atomic E-state index is 0.271. The van der Waals surface area contributed by atoms with Crippen LogP contribution in [0.15, 0.2) is 0 Å². The van der Waals surface area contributed by atoms with E-state index in [2.05, 4.69) is 10.7 Å². The highest BCUT2D eigenvalue weighted by atomic mass is 16.2. The molecule has 1 radical (unpaired) electrons. The van der Waals surface area contributed by atoms with Gasteiger partial charge in [-0.3, -0.25) is 0 Å². The fourth-order valence-corrected chi connectivity index (χ4v) is 0.449. The molecule has 10 heavy (non-hydrogen) atoms. The van der Waals surface area contributed by atoms with Gasteiger partial charge in [0.1, 0.15) is 0 Å². The SMILES string of the molecule is CCCNC(=O)[N]N(C)C. The number of hydrogen-bond acceptors (Lipinski definition) is 2. The number of carbonyl (C=O) groups excluding carboxylic acids is 1. The molecule has 0 saturated carbocycles. The highest BCUT2D eigenvalue weighted by Crippen LogP contribution is 1.73. The summed E-state index contributed by atoms with van der Waals surface area (Å²) in [6.45, 7) is 2.69. The van der Waals surface area contributed by atoms with Crippen molar-refractivity contribution in [2.75, 3.05) is 20.6 Å². The maximum Gasteiger partial charge on any atom is 0.353 e. The van der Waals surface area contributed by atoms with E-state index in [1.54, 1.807) is 14.1 Å². The zero-order valence-corrected chi connectivity index (χ0v) is 6.72. The molecule has 0 unspecified atom stereocenters. The van der Waals surface area contributed by atoms with Crippen molar-refractivity contribution in [2.45, 2.75) is 13.3 Å². The average Bonchev–Trinajstić information content (AvgIpc) is 1.82. The monoisotopic (exact) mass is 144 g/mol. The summed E-state index contributed by atoms with van der Waals surface area (Å²) < 4.78 is 0. The first-order chi connectivity index (χ1) is 4.66. The van der Waals surface area contributed by atoms with E-state index in [-0.39, 0.29) is 6.03 Å². The minimum atomic E-state index is -0.271. The van der Waals surface area contributed by atoms with E-state index >= 15 is 0 Å². The number of hydrogen-bond donors (Lipinski definition) is 1. The molecule has 0 saturated heterocycles. The molecule has 0 fully saturated rings. The lowest BCUT2D eigenvalue weighted by molar-refractivity contribution is 0.209. The molecular formula is C6H14N3O. The van der Waals surface area contributed by atoms with Gasteiger partial charge in [-0.1, -0.05) is 6.92 Å². The summed E-state index contributed by atoms with van der Waals surface area (Å²) in [5.41, 5.74) is 3.60. The van der Waals surface area contributed by atoms with E-state index in [1.165, 1.54) is 5.01 Å². The van der Waals surface area contributed by atoms with Crippen molar-refractivity contribution < 1.29 is 4.79 Å². The van der Waals surface area contributed by atoms with Crippen molar-refractivity contribution in [3.8, 4) is 0 Å². The van der Waals surface area contributed by atoms with Gasteiger partial charge in [-0.15, -0.1) is 5.43 Å². The summed E-state index contributed by atoms with van der Waals surface area (Å²) >= 11 is 0. The van der Waals surface area contributed by atoms with Gasteiger partial charge in [0.15, 0.2) is 0 Å². The van der Waals surface area contributed by atoms with E-state index in [0.717, 1.165) is 6.42 Å². The van der Waals surface area contributed by atoms with Crippen LogP contribution in [0.3, 0.4) is 0 Å². The Balaban J connectivity index is 3.26. The smallest absolute Gasteiger partial charge is 0.335 e. The Morgan fingerprint density at radius 3 is 2.60 bits per heavy atom. The molecule has 0 aliphatic heterocycles. The second kappa shape index (κ2) is 5.05. The van der Waals surface area contributed by atoms with Crippen molar-refractivity contribution in [1.82, 2.24) is 15.8 Å². The molecule has 59 valence electrons. The molecule has 0 spiro atoms. The third-order valence-corrected chi connectivity index (χ3v) is 0.817. The second-order valence-corrected chi connectivity index (χ2v) is 2.18. The topological polar surface area (TPSA) is 46.4 Å². The van der Waals surface area contributed by atoms with Crippen LogP contribution < -0.4 is 10.7 Å². The molecular weight excluding hydrogens is 130 g/mol. The standard InChI is InChI=1S/C6H14N3O/c1-4-5-7-6(10)8-9(2)3/h4-5H2,1-3H3,(H,7,10). The van der Waals surface area contributed by atoms with Crippen molar-refractivity contribution in [3.63, 3.8) is 0 Å². The summed E-state index contributed by atoms with van der Waals surface area (Å²) in [6.07, 6.45) is 0.939. The molecule has 0 aromatic carbocycles. The van der Waals surface area contributed by atoms with Gasteiger partial charge >= 0.3 is 6.03 Å². The summed E-state index contributed by atoms with van der Waals surface area (Å²) in [5, 5.41) is 4.09. The van der Waals surface area contributed by atoms with Gasteiger partial charge in [0.05, 0.1) is 0 Å². The molecule has 0 aliphatic rings. The average molecular weight is 144 g/mol. The van der Waals surface area contributed by atoms with Gasteiger partial charge in [0, 0.05) is 20.6 Å². The molecule has 0 rings (SSSR count). The largest absolute Gasteiger partial charge is 0.353 e. The highest BCUT2D eigenvalue weighted by Gasteiger charge is 2.00. The molecule has 4 nitrogen and oxygen atoms in total. The maximum atomic E-state index is 10.7. The van der Waals surface area contributed by atoms with Crippen LogP contribution in [0.4, 0.5) is 4.79 Å². The van der Waals surface area contributed by atoms with E-state index < -0.39 is 0 Å². The number of nitrogens with one attached hydrogen (secondary N) is 1. The van der Waals surface area contributed by atoms with Crippen molar-refractivity contribution in [3.05, 3.63) is 0 Å². The number of urea groups is 1. The van der Waals surface area contributed by atoms with Crippen molar-refractivity contribution in [2.24, 2.45) is 0 Å². The van der Waals surface area contributed by atoms with Crippen LogP contribution in [0.5, 0.6) is 0 Å². The van der Waals surface area contributed by atoms with Crippen molar-refractivity contribution >= 4 is 6.03 Å². The lowest BCUT2D eigenvalue weighted by atomic mass is 10.5. The Labute approximate surface area is 61.6 Å². The summed E-state index contributed by atoms with van der Waals surface area (Å²) in [6, 6.07) is -0.271. The second-order valence-electron chi connectivity index (χ2n) is 2.18. The Hall–Kier alpha value is -0.770. The summed E-state index contributed by atoms with van der Waals surface area (Å²) in [7, 11) is 3.43. The van der Waals surface area contributed by atoms with E-state index in [9.17, 15) is 4.79 Å². The van der Waals surface area contributed by atoms with Gasteiger partial charge in [0.2, 0.25) is 0 Å². The number of amides is 2. The van der Waals surface area contributed by atoms with Crippen LogP contribution in [-0.2, 0) is 0 Å². The Bertz CT molecular complexity index is 103. The third kappa shape index (κ3) is 5.37. The maximum absolute atomic E-state index is 10.7. The normalized spacial score (nSPS) is 9.60. The Morgan fingerprint density at radius 2 is 2.20 bits per heavy atom. The van der Waals surface area contributed by atoms with Crippen LogP contribution in [0.2, 0.25) is 0 Å². The zero-order valence-electron chi connectivity index (χ0n) is 6.72. The first-order valence-corrected chi connectivity index (χ1v) is 3.33. The van der Waals surface area contributed by atoms with Gasteiger partial charge in [0.25, 0.3) is 0 Å². The number of nitrogens with zero attached hydrogens (tertiary/aromatic N) is 2. The summed E-state index contributed by atoms with van der Waals surface area (Å²) in [4.78, 5) is 10.7. The molecule has 0 atom stereocenters. The number of rotatable bonds is 3. The van der Waals surface area contributed by atoms with E-state index in [0.29, 0.717) is 6.54 Å². The predicted molar refractivity (Wildman–Crippen MR) is 39.5 cm³/mol. The Morgan fingerprint density at radius 1 is 1.60 bits per heavy atom. The minimum Gasteiger partial charge on any atom is -0.335 e. The summed E-state index contributed by atoms with van der Waals surface area (Å²) in [5.74, 6) is 0.